The first-order valence-electron chi connectivity index (χ1n) is 8.49. The summed E-state index contributed by atoms with van der Waals surface area (Å²) in [5.74, 6) is 0.791. The Morgan fingerprint density at radius 2 is 1.86 bits per heavy atom. The highest BCUT2D eigenvalue weighted by molar-refractivity contribution is 9.10. The predicted molar refractivity (Wildman–Crippen MR) is 123 cm³/mol. The lowest BCUT2D eigenvalue weighted by Gasteiger charge is -2.09. The Kier molecular flexibility index (Phi) is 6.04. The maximum Gasteiger partial charge on any atom is 0.204 e. The minimum absolute atomic E-state index is 0.512. The second-order valence-corrected chi connectivity index (χ2v) is 8.76. The van der Waals surface area contributed by atoms with Crippen molar-refractivity contribution in [2.75, 3.05) is 5.43 Å². The summed E-state index contributed by atoms with van der Waals surface area (Å²) in [6, 6.07) is 22.0. The smallest absolute Gasteiger partial charge is 0.204 e. The van der Waals surface area contributed by atoms with Gasteiger partial charge in [-0.3, -0.25) is 5.43 Å². The first kappa shape index (κ1) is 19.1. The number of halogens is 2. The van der Waals surface area contributed by atoms with E-state index in [1.165, 1.54) is 0 Å². The van der Waals surface area contributed by atoms with Gasteiger partial charge in [-0.25, -0.2) is 4.98 Å². The van der Waals surface area contributed by atoms with E-state index in [9.17, 15) is 0 Å². The van der Waals surface area contributed by atoms with Crippen LogP contribution in [0.5, 0.6) is 5.75 Å². The highest BCUT2D eigenvalue weighted by Crippen LogP contribution is 2.27. The molecule has 4 nitrogen and oxygen atoms in total. The summed E-state index contributed by atoms with van der Waals surface area (Å²) >= 11 is 8.58. The molecule has 7 heteroatoms. The zero-order valence-corrected chi connectivity index (χ0v) is 18.6. The Bertz CT molecular complexity index is 1090. The molecule has 0 amide bonds. The average Bonchev–Trinajstić information content (AvgIpc) is 3.11. The SMILES string of the molecule is Brc1ccc(COc2ccc(/C=N\Nc3nc4ccccc4s3)cc2Br)cc1. The van der Waals surface area contributed by atoms with Crippen molar-refractivity contribution in [2.24, 2.45) is 5.10 Å². The molecular formula is C21H15Br2N3OS. The van der Waals surface area contributed by atoms with Crippen LogP contribution in [0.4, 0.5) is 5.13 Å². The number of nitrogens with one attached hydrogen (secondary N) is 1. The van der Waals surface area contributed by atoms with Gasteiger partial charge in [0.25, 0.3) is 0 Å². The average molecular weight is 517 g/mol. The zero-order chi connectivity index (χ0) is 19.3. The van der Waals surface area contributed by atoms with Gasteiger partial charge in [-0.2, -0.15) is 5.10 Å². The molecule has 0 saturated carbocycles. The van der Waals surface area contributed by atoms with E-state index in [0.29, 0.717) is 6.61 Å². The van der Waals surface area contributed by atoms with Gasteiger partial charge in [0.05, 0.1) is 20.9 Å². The number of anilines is 1. The van der Waals surface area contributed by atoms with E-state index in [-0.39, 0.29) is 0 Å². The van der Waals surface area contributed by atoms with Crippen LogP contribution in [-0.2, 0) is 6.61 Å². The fourth-order valence-electron chi connectivity index (χ4n) is 2.54. The molecule has 140 valence electrons. The standard InChI is InChI=1S/C21H15Br2N3OS/c22-16-8-5-14(6-9-16)13-27-19-10-7-15(11-17(19)23)12-24-26-21-25-18-3-1-2-4-20(18)28-21/h1-12H,13H2,(H,25,26)/b24-12-. The van der Waals surface area contributed by atoms with Crippen molar-refractivity contribution in [3.8, 4) is 5.75 Å². The van der Waals surface area contributed by atoms with E-state index >= 15 is 0 Å². The molecule has 0 aliphatic rings. The summed E-state index contributed by atoms with van der Waals surface area (Å²) in [7, 11) is 0. The summed E-state index contributed by atoms with van der Waals surface area (Å²) in [4.78, 5) is 4.50. The van der Waals surface area contributed by atoms with Gasteiger partial charge in [0.1, 0.15) is 12.4 Å². The van der Waals surface area contributed by atoms with Crippen LogP contribution in [0.2, 0.25) is 0 Å². The molecular weight excluding hydrogens is 502 g/mol. The Hall–Kier alpha value is -2.22. The van der Waals surface area contributed by atoms with Crippen molar-refractivity contribution >= 4 is 64.8 Å². The Morgan fingerprint density at radius 3 is 2.64 bits per heavy atom. The molecule has 1 heterocycles. The zero-order valence-electron chi connectivity index (χ0n) is 14.6. The van der Waals surface area contributed by atoms with Crippen molar-refractivity contribution < 1.29 is 4.74 Å². The quantitative estimate of drug-likeness (QED) is 0.225. The van der Waals surface area contributed by atoms with E-state index in [1.807, 2.05) is 66.7 Å². The fourth-order valence-corrected chi connectivity index (χ4v) is 4.13. The maximum atomic E-state index is 5.89. The van der Waals surface area contributed by atoms with Crippen molar-refractivity contribution in [2.45, 2.75) is 6.61 Å². The van der Waals surface area contributed by atoms with E-state index < -0.39 is 0 Å². The van der Waals surface area contributed by atoms with E-state index in [2.05, 4.69) is 47.4 Å². The number of benzene rings is 3. The van der Waals surface area contributed by atoms with E-state index in [4.69, 9.17) is 4.74 Å². The number of hydrogen-bond donors (Lipinski definition) is 1. The van der Waals surface area contributed by atoms with Gasteiger partial charge in [0, 0.05) is 4.47 Å². The molecule has 0 atom stereocenters. The van der Waals surface area contributed by atoms with Crippen molar-refractivity contribution in [3.63, 3.8) is 0 Å². The minimum Gasteiger partial charge on any atom is -0.488 e. The molecule has 1 aromatic heterocycles. The molecule has 3 aromatic carbocycles. The molecule has 1 N–H and O–H groups in total. The number of thiazole rings is 1. The Labute approximate surface area is 183 Å². The third kappa shape index (κ3) is 4.79. The van der Waals surface area contributed by atoms with Crippen LogP contribution in [0, 0.1) is 0 Å². The molecule has 28 heavy (non-hydrogen) atoms. The molecule has 0 spiro atoms. The third-order valence-corrected chi connectivity index (χ3v) is 6.02. The summed E-state index contributed by atoms with van der Waals surface area (Å²) in [6.07, 6.45) is 1.76. The molecule has 0 radical (unpaired) electrons. The second-order valence-electron chi connectivity index (χ2n) is 5.96. The summed E-state index contributed by atoms with van der Waals surface area (Å²) < 4.78 is 8.97. The highest BCUT2D eigenvalue weighted by atomic mass is 79.9. The van der Waals surface area contributed by atoms with Crippen LogP contribution in [-0.4, -0.2) is 11.2 Å². The number of rotatable bonds is 6. The lowest BCUT2D eigenvalue weighted by atomic mass is 10.2. The number of hydrogen-bond acceptors (Lipinski definition) is 5. The number of hydrazone groups is 1. The van der Waals surface area contributed by atoms with Crippen LogP contribution in [0.15, 0.2) is 80.8 Å². The van der Waals surface area contributed by atoms with Gasteiger partial charge >= 0.3 is 0 Å². The summed E-state index contributed by atoms with van der Waals surface area (Å²) in [6.45, 7) is 0.512. The monoisotopic (exact) mass is 515 g/mol. The molecule has 0 saturated heterocycles. The molecule has 4 aromatic rings. The Balaban J connectivity index is 1.38. The maximum absolute atomic E-state index is 5.89. The normalized spacial score (nSPS) is 11.2. The van der Waals surface area contributed by atoms with Gasteiger partial charge in [0.2, 0.25) is 5.13 Å². The topological polar surface area (TPSA) is 46.5 Å². The number of para-hydroxylation sites is 1. The molecule has 0 aliphatic carbocycles. The van der Waals surface area contributed by atoms with Crippen LogP contribution >= 0.6 is 43.2 Å². The first-order chi connectivity index (χ1) is 13.7. The molecule has 4 rings (SSSR count). The molecule has 0 aliphatic heterocycles. The molecule has 0 bridgehead atoms. The lowest BCUT2D eigenvalue weighted by Crippen LogP contribution is -1.96. The van der Waals surface area contributed by atoms with Crippen LogP contribution in [0.25, 0.3) is 10.2 Å². The van der Waals surface area contributed by atoms with E-state index in [1.54, 1.807) is 17.6 Å². The van der Waals surface area contributed by atoms with Crippen LogP contribution in [0.3, 0.4) is 0 Å². The lowest BCUT2D eigenvalue weighted by molar-refractivity contribution is 0.304. The summed E-state index contributed by atoms with van der Waals surface area (Å²) in [5.41, 5.74) is 6.03. The third-order valence-electron chi connectivity index (χ3n) is 3.93. The molecule has 0 unspecified atom stereocenters. The number of fused-ring (bicyclic) bond motifs is 1. The highest BCUT2D eigenvalue weighted by Gasteiger charge is 2.04. The fraction of sp³-hybridized carbons (Fsp3) is 0.0476. The minimum atomic E-state index is 0.512. The van der Waals surface area contributed by atoms with Gasteiger partial charge in [0.15, 0.2) is 0 Å². The van der Waals surface area contributed by atoms with Gasteiger partial charge in [-0.15, -0.1) is 0 Å². The number of ether oxygens (including phenoxy) is 1. The van der Waals surface area contributed by atoms with Gasteiger partial charge < -0.3 is 4.74 Å². The predicted octanol–water partition coefficient (Wildman–Crippen LogP) is 6.85. The largest absolute Gasteiger partial charge is 0.488 e. The van der Waals surface area contributed by atoms with E-state index in [0.717, 1.165) is 41.2 Å². The van der Waals surface area contributed by atoms with Crippen molar-refractivity contribution in [3.05, 3.63) is 86.8 Å². The van der Waals surface area contributed by atoms with Crippen molar-refractivity contribution in [1.29, 1.82) is 0 Å². The first-order valence-corrected chi connectivity index (χ1v) is 10.9. The van der Waals surface area contributed by atoms with Crippen LogP contribution in [0.1, 0.15) is 11.1 Å². The molecule has 0 fully saturated rings. The Morgan fingerprint density at radius 1 is 1.04 bits per heavy atom. The van der Waals surface area contributed by atoms with Crippen molar-refractivity contribution in [1.82, 2.24) is 4.98 Å². The summed E-state index contributed by atoms with van der Waals surface area (Å²) in [5, 5.41) is 5.06. The number of nitrogens with zero attached hydrogens (tertiary/aromatic N) is 2. The van der Waals surface area contributed by atoms with Crippen LogP contribution < -0.4 is 10.2 Å². The number of aromatic nitrogens is 1. The van der Waals surface area contributed by atoms with Gasteiger partial charge in [-0.05, 0) is 69.5 Å². The van der Waals surface area contributed by atoms with Gasteiger partial charge in [-0.1, -0.05) is 51.5 Å². The second kappa shape index (κ2) is 8.86.